The summed E-state index contributed by atoms with van der Waals surface area (Å²) < 4.78 is 6.58. The van der Waals surface area contributed by atoms with Crippen LogP contribution in [0.2, 0.25) is 5.02 Å². The maximum atomic E-state index is 13.0. The fraction of sp³-hybridized carbons (Fsp3) is 0.364. The molecule has 0 radical (unpaired) electrons. The molecule has 7 heteroatoms. The molecule has 1 N–H and O–H groups in total. The fourth-order valence-electron chi connectivity index (χ4n) is 2.75. The molecule has 0 aliphatic heterocycles. The number of carbonyl (C=O) groups excluding carboxylic acids is 2. The zero-order valence-electron chi connectivity index (χ0n) is 16.9. The van der Waals surface area contributed by atoms with Crippen molar-refractivity contribution in [1.29, 1.82) is 0 Å². The molecule has 2 aromatic rings. The Labute approximate surface area is 185 Å². The standard InChI is InChI=1S/C22H26BrClN2O3/c1-4-10-25-22(28)16(3)26(13-17-6-5-7-18(23)12-17)21(27)14-29-19-8-9-20(24)15(2)11-19/h5-9,11-12,16H,4,10,13-14H2,1-3H3,(H,25,28). The van der Waals surface area contributed by atoms with Crippen molar-refractivity contribution < 1.29 is 14.3 Å². The molecule has 1 atom stereocenters. The summed E-state index contributed by atoms with van der Waals surface area (Å²) in [7, 11) is 0. The Morgan fingerprint density at radius 2 is 2.00 bits per heavy atom. The summed E-state index contributed by atoms with van der Waals surface area (Å²) in [6, 6.07) is 12.3. The lowest BCUT2D eigenvalue weighted by Crippen LogP contribution is -2.49. The van der Waals surface area contributed by atoms with Crippen LogP contribution in [0.5, 0.6) is 5.75 Å². The minimum absolute atomic E-state index is 0.166. The number of nitrogens with zero attached hydrogens (tertiary/aromatic N) is 1. The maximum Gasteiger partial charge on any atom is 0.261 e. The molecule has 1 unspecified atom stereocenters. The number of nitrogens with one attached hydrogen (secondary N) is 1. The van der Waals surface area contributed by atoms with Gasteiger partial charge < -0.3 is 15.0 Å². The number of ether oxygens (including phenoxy) is 1. The first-order valence-electron chi connectivity index (χ1n) is 9.52. The van der Waals surface area contributed by atoms with Gasteiger partial charge in [-0.3, -0.25) is 9.59 Å². The van der Waals surface area contributed by atoms with Gasteiger partial charge in [-0.2, -0.15) is 0 Å². The smallest absolute Gasteiger partial charge is 0.261 e. The second-order valence-corrected chi connectivity index (χ2v) is 8.14. The molecule has 156 valence electrons. The zero-order chi connectivity index (χ0) is 21.4. The molecule has 2 rings (SSSR count). The van der Waals surface area contributed by atoms with Gasteiger partial charge >= 0.3 is 0 Å². The Bertz CT molecular complexity index is 860. The van der Waals surface area contributed by atoms with E-state index in [-0.39, 0.29) is 18.4 Å². The Balaban J connectivity index is 2.14. The van der Waals surface area contributed by atoms with Gasteiger partial charge in [0.05, 0.1) is 0 Å². The Hall–Kier alpha value is -2.05. The van der Waals surface area contributed by atoms with E-state index in [4.69, 9.17) is 16.3 Å². The molecule has 0 saturated carbocycles. The summed E-state index contributed by atoms with van der Waals surface area (Å²) >= 11 is 9.48. The van der Waals surface area contributed by atoms with Gasteiger partial charge in [-0.1, -0.05) is 46.6 Å². The first-order chi connectivity index (χ1) is 13.8. The number of amides is 2. The van der Waals surface area contributed by atoms with Gasteiger partial charge in [0, 0.05) is 22.6 Å². The van der Waals surface area contributed by atoms with Gasteiger partial charge in [0.1, 0.15) is 11.8 Å². The molecule has 0 fully saturated rings. The molecule has 2 amide bonds. The lowest BCUT2D eigenvalue weighted by molar-refractivity contribution is -0.142. The summed E-state index contributed by atoms with van der Waals surface area (Å²) in [4.78, 5) is 27.0. The van der Waals surface area contributed by atoms with Crippen molar-refractivity contribution in [3.05, 3.63) is 63.1 Å². The second kappa shape index (κ2) is 11.2. The van der Waals surface area contributed by atoms with E-state index in [2.05, 4.69) is 21.2 Å². The largest absolute Gasteiger partial charge is 0.484 e. The molecule has 29 heavy (non-hydrogen) atoms. The molecule has 2 aromatic carbocycles. The molecule has 0 aromatic heterocycles. The van der Waals surface area contributed by atoms with Gasteiger partial charge in [0.2, 0.25) is 5.91 Å². The molecule has 0 aliphatic carbocycles. The van der Waals surface area contributed by atoms with Crippen LogP contribution in [0.4, 0.5) is 0 Å². The minimum atomic E-state index is -0.622. The summed E-state index contributed by atoms with van der Waals surface area (Å²) in [5.74, 6) is 0.111. The summed E-state index contributed by atoms with van der Waals surface area (Å²) in [5, 5.41) is 3.49. The van der Waals surface area contributed by atoms with Crippen molar-refractivity contribution in [2.45, 2.75) is 39.8 Å². The van der Waals surface area contributed by atoms with Crippen LogP contribution < -0.4 is 10.1 Å². The zero-order valence-corrected chi connectivity index (χ0v) is 19.2. The highest BCUT2D eigenvalue weighted by Crippen LogP contribution is 2.21. The van der Waals surface area contributed by atoms with Crippen LogP contribution in [0, 0.1) is 6.92 Å². The van der Waals surface area contributed by atoms with Gasteiger partial charge in [0.15, 0.2) is 6.61 Å². The van der Waals surface area contributed by atoms with Gasteiger partial charge in [-0.15, -0.1) is 0 Å². The maximum absolute atomic E-state index is 13.0. The highest BCUT2D eigenvalue weighted by molar-refractivity contribution is 9.10. The van der Waals surface area contributed by atoms with Crippen LogP contribution >= 0.6 is 27.5 Å². The van der Waals surface area contributed by atoms with E-state index < -0.39 is 6.04 Å². The fourth-order valence-corrected chi connectivity index (χ4v) is 3.31. The SMILES string of the molecule is CCCNC(=O)C(C)N(Cc1cccc(Br)c1)C(=O)COc1ccc(Cl)c(C)c1. The molecule has 5 nitrogen and oxygen atoms in total. The average molecular weight is 482 g/mol. The third kappa shape index (κ3) is 7.05. The predicted octanol–water partition coefficient (Wildman–Crippen LogP) is 4.73. The first kappa shape index (κ1) is 23.2. The number of halogens is 2. The molecular formula is C22H26BrClN2O3. The monoisotopic (exact) mass is 480 g/mol. The van der Waals surface area contributed by atoms with Crippen molar-refractivity contribution in [3.8, 4) is 5.75 Å². The van der Waals surface area contributed by atoms with Crippen molar-refractivity contribution in [3.63, 3.8) is 0 Å². The van der Waals surface area contributed by atoms with Gasteiger partial charge in [-0.05, 0) is 61.7 Å². The Kier molecular flexibility index (Phi) is 8.99. The third-order valence-corrected chi connectivity index (χ3v) is 5.37. The number of hydrogen-bond acceptors (Lipinski definition) is 3. The van der Waals surface area contributed by atoms with Crippen molar-refractivity contribution >= 4 is 39.3 Å². The van der Waals surface area contributed by atoms with Crippen molar-refractivity contribution in [2.24, 2.45) is 0 Å². The molecule has 0 heterocycles. The number of rotatable bonds is 9. The number of carbonyl (C=O) groups is 2. The predicted molar refractivity (Wildman–Crippen MR) is 119 cm³/mol. The first-order valence-corrected chi connectivity index (χ1v) is 10.7. The van der Waals surface area contributed by atoms with Gasteiger partial charge in [-0.25, -0.2) is 0 Å². The van der Waals surface area contributed by atoms with Crippen LogP contribution in [0.15, 0.2) is 46.9 Å². The number of aryl methyl sites for hydroxylation is 1. The minimum Gasteiger partial charge on any atom is -0.484 e. The molecule has 0 spiro atoms. The van der Waals surface area contributed by atoms with E-state index in [0.29, 0.717) is 23.9 Å². The van der Waals surface area contributed by atoms with E-state index in [9.17, 15) is 9.59 Å². The summed E-state index contributed by atoms with van der Waals surface area (Å²) in [6.45, 7) is 6.30. The topological polar surface area (TPSA) is 58.6 Å². The normalized spacial score (nSPS) is 11.6. The summed E-state index contributed by atoms with van der Waals surface area (Å²) in [5.41, 5.74) is 1.79. The van der Waals surface area contributed by atoms with Crippen molar-refractivity contribution in [1.82, 2.24) is 10.2 Å². The average Bonchev–Trinajstić information content (AvgIpc) is 2.70. The molecule has 0 saturated heterocycles. The molecular weight excluding hydrogens is 456 g/mol. The lowest BCUT2D eigenvalue weighted by Gasteiger charge is -2.28. The quantitative estimate of drug-likeness (QED) is 0.563. The summed E-state index contributed by atoms with van der Waals surface area (Å²) in [6.07, 6.45) is 0.830. The molecule has 0 bridgehead atoms. The van der Waals surface area contributed by atoms with Crippen molar-refractivity contribution in [2.75, 3.05) is 13.2 Å². The third-order valence-electron chi connectivity index (χ3n) is 4.45. The molecule has 0 aliphatic rings. The van der Waals surface area contributed by atoms with Crippen LogP contribution in [0.3, 0.4) is 0 Å². The Morgan fingerprint density at radius 3 is 2.66 bits per heavy atom. The van der Waals surface area contributed by atoms with E-state index in [1.165, 1.54) is 4.90 Å². The lowest BCUT2D eigenvalue weighted by atomic mass is 10.1. The van der Waals surface area contributed by atoms with E-state index >= 15 is 0 Å². The number of hydrogen-bond donors (Lipinski definition) is 1. The Morgan fingerprint density at radius 1 is 1.24 bits per heavy atom. The highest BCUT2D eigenvalue weighted by atomic mass is 79.9. The second-order valence-electron chi connectivity index (χ2n) is 6.82. The van der Waals surface area contributed by atoms with E-state index in [1.54, 1.807) is 25.1 Å². The van der Waals surface area contributed by atoms with E-state index in [0.717, 1.165) is 22.0 Å². The highest BCUT2D eigenvalue weighted by Gasteiger charge is 2.26. The number of benzene rings is 2. The van der Waals surface area contributed by atoms with Crippen LogP contribution in [0.25, 0.3) is 0 Å². The van der Waals surface area contributed by atoms with Crippen LogP contribution in [-0.2, 0) is 16.1 Å². The van der Waals surface area contributed by atoms with Crippen LogP contribution in [-0.4, -0.2) is 35.9 Å². The van der Waals surface area contributed by atoms with Crippen LogP contribution in [0.1, 0.15) is 31.4 Å². The van der Waals surface area contributed by atoms with E-state index in [1.807, 2.05) is 38.1 Å². The van der Waals surface area contributed by atoms with Gasteiger partial charge in [0.25, 0.3) is 5.91 Å².